The molecule has 0 atom stereocenters. The van der Waals surface area contributed by atoms with E-state index in [1.807, 2.05) is 4.90 Å². The highest BCUT2D eigenvalue weighted by atomic mass is 35.5. The first-order valence-corrected chi connectivity index (χ1v) is 10.6. The van der Waals surface area contributed by atoms with Gasteiger partial charge in [-0.3, -0.25) is 14.9 Å². The molecule has 158 valence electrons. The molecule has 1 aromatic carbocycles. The second-order valence-electron chi connectivity index (χ2n) is 7.63. The Morgan fingerprint density at radius 2 is 1.60 bits per heavy atom. The predicted octanol–water partition coefficient (Wildman–Crippen LogP) is 3.60. The number of rotatable bonds is 4. The zero-order chi connectivity index (χ0) is 21.1. The average molecular weight is 430 g/mol. The third-order valence-corrected chi connectivity index (χ3v) is 6.00. The molecule has 0 spiro atoms. The molecule has 30 heavy (non-hydrogen) atoms. The van der Waals surface area contributed by atoms with Crippen molar-refractivity contribution in [3.63, 3.8) is 0 Å². The normalized spacial score (nSPS) is 17.2. The van der Waals surface area contributed by atoms with Crippen LogP contribution >= 0.6 is 11.6 Å². The molecule has 0 aliphatic carbocycles. The first-order chi connectivity index (χ1) is 14.5. The van der Waals surface area contributed by atoms with Gasteiger partial charge in [0.25, 0.3) is 11.6 Å². The number of non-ortho nitro benzene ring substituents is 1. The molecule has 4 rings (SSSR count). The SMILES string of the molecule is O=C(c1cnc(N2CCN(c3ccc([N+](=O)[O-])cc3)CC2)c(Cl)c1)N1CCCCC1. The number of piperidine rings is 1. The maximum atomic E-state index is 12.7. The van der Waals surface area contributed by atoms with Gasteiger partial charge < -0.3 is 14.7 Å². The molecule has 0 radical (unpaired) electrons. The van der Waals surface area contributed by atoms with Crippen LogP contribution in [0.15, 0.2) is 36.5 Å². The van der Waals surface area contributed by atoms with E-state index in [1.165, 1.54) is 18.6 Å². The van der Waals surface area contributed by atoms with E-state index in [4.69, 9.17) is 11.6 Å². The van der Waals surface area contributed by atoms with Crippen molar-refractivity contribution in [2.24, 2.45) is 0 Å². The van der Waals surface area contributed by atoms with E-state index in [2.05, 4.69) is 14.8 Å². The number of likely N-dealkylation sites (tertiary alicyclic amines) is 1. The largest absolute Gasteiger partial charge is 0.368 e. The van der Waals surface area contributed by atoms with Crippen molar-refractivity contribution in [2.75, 3.05) is 49.1 Å². The van der Waals surface area contributed by atoms with Gasteiger partial charge in [0.05, 0.1) is 15.5 Å². The van der Waals surface area contributed by atoms with Gasteiger partial charge in [-0.15, -0.1) is 0 Å². The van der Waals surface area contributed by atoms with Crippen molar-refractivity contribution in [3.05, 3.63) is 57.2 Å². The minimum Gasteiger partial charge on any atom is -0.368 e. The molecule has 2 aliphatic rings. The summed E-state index contributed by atoms with van der Waals surface area (Å²) in [7, 11) is 0. The van der Waals surface area contributed by atoms with Gasteiger partial charge >= 0.3 is 0 Å². The van der Waals surface area contributed by atoms with Crippen LogP contribution in [0.1, 0.15) is 29.6 Å². The van der Waals surface area contributed by atoms with Gasteiger partial charge in [-0.25, -0.2) is 4.98 Å². The summed E-state index contributed by atoms with van der Waals surface area (Å²) in [5.41, 5.74) is 1.59. The number of halogens is 1. The van der Waals surface area contributed by atoms with Crippen LogP contribution < -0.4 is 9.80 Å². The van der Waals surface area contributed by atoms with Gasteiger partial charge in [-0.05, 0) is 37.5 Å². The van der Waals surface area contributed by atoms with Crippen LogP contribution in [0.3, 0.4) is 0 Å². The van der Waals surface area contributed by atoms with Crippen molar-refractivity contribution in [3.8, 4) is 0 Å². The number of piperazine rings is 1. The fourth-order valence-electron chi connectivity index (χ4n) is 4.02. The summed E-state index contributed by atoms with van der Waals surface area (Å²) < 4.78 is 0. The topological polar surface area (TPSA) is 82.8 Å². The van der Waals surface area contributed by atoms with Crippen LogP contribution in [0, 0.1) is 10.1 Å². The highest BCUT2D eigenvalue weighted by Crippen LogP contribution is 2.27. The third-order valence-electron chi connectivity index (χ3n) is 5.72. The Morgan fingerprint density at radius 3 is 2.20 bits per heavy atom. The number of benzene rings is 1. The number of pyridine rings is 1. The molecule has 1 amide bonds. The van der Waals surface area contributed by atoms with E-state index in [1.54, 1.807) is 24.4 Å². The van der Waals surface area contributed by atoms with Crippen molar-refractivity contribution < 1.29 is 9.72 Å². The maximum absolute atomic E-state index is 12.7. The Kier molecular flexibility index (Phi) is 6.03. The van der Waals surface area contributed by atoms with Crippen LogP contribution in [-0.4, -0.2) is 60.0 Å². The molecule has 0 N–H and O–H groups in total. The van der Waals surface area contributed by atoms with Gasteiger partial charge in [-0.2, -0.15) is 0 Å². The van der Waals surface area contributed by atoms with Crippen LogP contribution in [0.4, 0.5) is 17.2 Å². The number of hydrogen-bond acceptors (Lipinski definition) is 6. The molecular weight excluding hydrogens is 406 g/mol. The Labute approximate surface area is 180 Å². The number of nitro benzene ring substituents is 1. The van der Waals surface area contributed by atoms with Crippen LogP contribution in [0.2, 0.25) is 5.02 Å². The van der Waals surface area contributed by atoms with Crippen molar-refractivity contribution >= 4 is 34.7 Å². The standard InChI is InChI=1S/C21H24ClN5O3/c22-19-14-16(21(28)26-8-2-1-3-9-26)15-23-20(19)25-12-10-24(11-13-25)17-4-6-18(7-5-17)27(29)30/h4-7,14-15H,1-3,8-13H2. The van der Waals surface area contributed by atoms with Gasteiger partial charge in [0, 0.05) is 63.3 Å². The van der Waals surface area contributed by atoms with Gasteiger partial charge in [0.15, 0.2) is 0 Å². The van der Waals surface area contributed by atoms with Crippen LogP contribution in [0.5, 0.6) is 0 Å². The summed E-state index contributed by atoms with van der Waals surface area (Å²) in [6.45, 7) is 4.55. The minimum absolute atomic E-state index is 0.00126. The summed E-state index contributed by atoms with van der Waals surface area (Å²) in [5, 5.41) is 11.3. The molecule has 1 aromatic heterocycles. The average Bonchev–Trinajstić information content (AvgIpc) is 2.79. The quantitative estimate of drug-likeness (QED) is 0.545. The summed E-state index contributed by atoms with van der Waals surface area (Å²) in [4.78, 5) is 33.8. The molecule has 2 saturated heterocycles. The van der Waals surface area contributed by atoms with Crippen LogP contribution in [-0.2, 0) is 0 Å². The second-order valence-corrected chi connectivity index (χ2v) is 8.04. The first kappa shape index (κ1) is 20.4. The summed E-state index contributed by atoms with van der Waals surface area (Å²) >= 11 is 6.49. The lowest BCUT2D eigenvalue weighted by atomic mass is 10.1. The number of aromatic nitrogens is 1. The number of anilines is 2. The van der Waals surface area contributed by atoms with Crippen LogP contribution in [0.25, 0.3) is 0 Å². The lowest BCUT2D eigenvalue weighted by Crippen LogP contribution is -2.47. The Balaban J connectivity index is 1.39. The smallest absolute Gasteiger partial charge is 0.269 e. The van der Waals surface area contributed by atoms with Gasteiger partial charge in [0.1, 0.15) is 5.82 Å². The molecule has 2 fully saturated rings. The maximum Gasteiger partial charge on any atom is 0.269 e. The monoisotopic (exact) mass is 429 g/mol. The summed E-state index contributed by atoms with van der Waals surface area (Å²) in [6.07, 6.45) is 4.89. The molecule has 0 bridgehead atoms. The summed E-state index contributed by atoms with van der Waals surface area (Å²) in [5.74, 6) is 0.689. The highest BCUT2D eigenvalue weighted by Gasteiger charge is 2.23. The summed E-state index contributed by atoms with van der Waals surface area (Å²) in [6, 6.07) is 8.33. The lowest BCUT2D eigenvalue weighted by Gasteiger charge is -2.37. The molecular formula is C21H24ClN5O3. The molecule has 2 aliphatic heterocycles. The highest BCUT2D eigenvalue weighted by molar-refractivity contribution is 6.33. The third kappa shape index (κ3) is 4.33. The molecule has 0 saturated carbocycles. The zero-order valence-electron chi connectivity index (χ0n) is 16.7. The Hall–Kier alpha value is -2.87. The lowest BCUT2D eigenvalue weighted by molar-refractivity contribution is -0.384. The van der Waals surface area contributed by atoms with Crippen molar-refractivity contribution in [2.45, 2.75) is 19.3 Å². The molecule has 3 heterocycles. The van der Waals surface area contributed by atoms with Gasteiger partial charge in [0.2, 0.25) is 0 Å². The Morgan fingerprint density at radius 1 is 0.967 bits per heavy atom. The second kappa shape index (κ2) is 8.87. The molecule has 9 heteroatoms. The van der Waals surface area contributed by atoms with E-state index in [0.29, 0.717) is 16.4 Å². The number of nitrogens with zero attached hydrogens (tertiary/aromatic N) is 5. The molecule has 2 aromatic rings. The van der Waals surface area contributed by atoms with Crippen molar-refractivity contribution in [1.82, 2.24) is 9.88 Å². The fraction of sp³-hybridized carbons (Fsp3) is 0.429. The Bertz CT molecular complexity index is 923. The first-order valence-electron chi connectivity index (χ1n) is 10.2. The van der Waals surface area contributed by atoms with E-state index >= 15 is 0 Å². The molecule has 8 nitrogen and oxygen atoms in total. The molecule has 0 unspecified atom stereocenters. The predicted molar refractivity (Wildman–Crippen MR) is 117 cm³/mol. The van der Waals surface area contributed by atoms with E-state index < -0.39 is 4.92 Å². The van der Waals surface area contributed by atoms with E-state index in [-0.39, 0.29) is 11.6 Å². The minimum atomic E-state index is -0.394. The number of carbonyl (C=O) groups excluding carboxylic acids is 1. The number of carbonyl (C=O) groups is 1. The van der Waals surface area contributed by atoms with E-state index in [9.17, 15) is 14.9 Å². The zero-order valence-corrected chi connectivity index (χ0v) is 17.4. The number of hydrogen-bond donors (Lipinski definition) is 0. The fourth-order valence-corrected chi connectivity index (χ4v) is 4.31. The van der Waals surface area contributed by atoms with Gasteiger partial charge in [-0.1, -0.05) is 11.6 Å². The number of amides is 1. The number of nitro groups is 1. The van der Waals surface area contributed by atoms with Crippen molar-refractivity contribution in [1.29, 1.82) is 0 Å². The van der Waals surface area contributed by atoms with E-state index in [0.717, 1.165) is 57.8 Å².